The number of aryl methyl sites for hydroxylation is 1. The van der Waals surface area contributed by atoms with Crippen molar-refractivity contribution in [2.45, 2.75) is 6.92 Å². The number of hydrogen-bond donors (Lipinski definition) is 1. The number of anilines is 1. The summed E-state index contributed by atoms with van der Waals surface area (Å²) in [7, 11) is 2.93. The molecular formula is C18H19N4NaO4. The molecule has 0 radical (unpaired) electrons. The average molecular weight is 378 g/mol. The van der Waals surface area contributed by atoms with Crippen LogP contribution in [0, 0.1) is 6.92 Å². The van der Waals surface area contributed by atoms with Crippen LogP contribution in [0.15, 0.2) is 52.8 Å². The van der Waals surface area contributed by atoms with Gasteiger partial charge in [-0.25, -0.2) is 0 Å². The molecule has 0 unspecified atom stereocenters. The summed E-state index contributed by atoms with van der Waals surface area (Å²) in [5.74, 6) is -1.10. The van der Waals surface area contributed by atoms with Crippen LogP contribution in [-0.4, -0.2) is 37.6 Å². The Morgan fingerprint density at radius 2 is 1.89 bits per heavy atom. The van der Waals surface area contributed by atoms with Gasteiger partial charge in [0.25, 0.3) is 5.91 Å². The average Bonchev–Trinajstić information content (AvgIpc) is 2.61. The molecule has 1 N–H and O–H groups in total. The Kier molecular flexibility index (Phi) is 8.93. The molecule has 0 saturated carbocycles. The Morgan fingerprint density at radius 3 is 2.48 bits per heavy atom. The van der Waals surface area contributed by atoms with Gasteiger partial charge in [-0.2, -0.15) is 0 Å². The minimum Gasteiger partial charge on any atom is -0.548 e. The van der Waals surface area contributed by atoms with Crippen LogP contribution in [0.5, 0.6) is 5.75 Å². The first kappa shape index (κ1) is 22.6. The molecule has 27 heavy (non-hydrogen) atoms. The zero-order valence-corrected chi connectivity index (χ0v) is 17.7. The van der Waals surface area contributed by atoms with Crippen molar-refractivity contribution in [2.24, 2.45) is 10.3 Å². The van der Waals surface area contributed by atoms with E-state index in [2.05, 4.69) is 15.7 Å². The molecule has 0 heterocycles. The van der Waals surface area contributed by atoms with E-state index in [1.807, 2.05) is 13.0 Å². The first-order valence-corrected chi connectivity index (χ1v) is 7.78. The van der Waals surface area contributed by atoms with Crippen LogP contribution >= 0.6 is 0 Å². The number of rotatable bonds is 7. The van der Waals surface area contributed by atoms with E-state index in [0.717, 1.165) is 10.6 Å². The molecule has 2 rings (SSSR count). The molecule has 136 valence electrons. The number of amides is 1. The molecule has 0 bridgehead atoms. The van der Waals surface area contributed by atoms with Crippen molar-refractivity contribution in [1.82, 2.24) is 5.01 Å². The summed E-state index contributed by atoms with van der Waals surface area (Å²) in [6, 6.07) is 12.2. The van der Waals surface area contributed by atoms with Gasteiger partial charge in [0.1, 0.15) is 11.4 Å². The van der Waals surface area contributed by atoms with Crippen molar-refractivity contribution >= 4 is 23.3 Å². The fourth-order valence-electron chi connectivity index (χ4n) is 2.18. The predicted molar refractivity (Wildman–Crippen MR) is 94.3 cm³/mol. The van der Waals surface area contributed by atoms with E-state index in [1.54, 1.807) is 36.4 Å². The third-order valence-electron chi connectivity index (χ3n) is 3.47. The minimum absolute atomic E-state index is 0. The minimum atomic E-state index is -1.26. The normalized spacial score (nSPS) is 10.2. The Morgan fingerprint density at radius 1 is 1.22 bits per heavy atom. The van der Waals surface area contributed by atoms with Gasteiger partial charge in [0.2, 0.25) is 0 Å². The van der Waals surface area contributed by atoms with Crippen molar-refractivity contribution in [2.75, 3.05) is 26.0 Å². The summed E-state index contributed by atoms with van der Waals surface area (Å²) in [6.07, 6.45) is 0. The number of methoxy groups -OCH3 is 1. The molecule has 1 amide bonds. The molecule has 0 atom stereocenters. The fourth-order valence-corrected chi connectivity index (χ4v) is 2.18. The molecule has 8 nitrogen and oxygen atoms in total. The van der Waals surface area contributed by atoms with Gasteiger partial charge in [-0.3, -0.25) is 9.80 Å². The summed E-state index contributed by atoms with van der Waals surface area (Å²) >= 11 is 0. The zero-order valence-electron chi connectivity index (χ0n) is 15.7. The number of ether oxygens (including phenoxy) is 1. The first-order valence-electron chi connectivity index (χ1n) is 7.78. The molecule has 9 heteroatoms. The number of aliphatic carboxylic acids is 1. The van der Waals surface area contributed by atoms with Crippen LogP contribution in [0.25, 0.3) is 0 Å². The smallest absolute Gasteiger partial charge is 0.548 e. The number of carbonyl (C=O) groups is 2. The van der Waals surface area contributed by atoms with Gasteiger partial charge in [0.05, 0.1) is 19.6 Å². The summed E-state index contributed by atoms with van der Waals surface area (Å²) in [6.45, 7) is 1.43. The quantitative estimate of drug-likeness (QED) is 0.376. The maximum Gasteiger partial charge on any atom is 1.00 e. The van der Waals surface area contributed by atoms with Crippen LogP contribution in [0.4, 0.5) is 11.4 Å². The van der Waals surface area contributed by atoms with Gasteiger partial charge >= 0.3 is 29.6 Å². The molecule has 0 aliphatic rings. The van der Waals surface area contributed by atoms with E-state index in [9.17, 15) is 14.7 Å². The number of carboxylic acid groups (broad SMARTS) is 1. The molecule has 0 aromatic heterocycles. The van der Waals surface area contributed by atoms with Gasteiger partial charge < -0.3 is 20.0 Å². The van der Waals surface area contributed by atoms with E-state index >= 15 is 0 Å². The third-order valence-corrected chi connectivity index (χ3v) is 3.47. The number of nitrogens with zero attached hydrogens (tertiary/aromatic N) is 3. The molecule has 0 saturated heterocycles. The first-order chi connectivity index (χ1) is 12.4. The van der Waals surface area contributed by atoms with Crippen molar-refractivity contribution in [3.63, 3.8) is 0 Å². The summed E-state index contributed by atoms with van der Waals surface area (Å²) in [4.78, 5) is 22.8. The van der Waals surface area contributed by atoms with Crippen LogP contribution in [0.2, 0.25) is 0 Å². The van der Waals surface area contributed by atoms with Crippen LogP contribution in [0.1, 0.15) is 15.9 Å². The van der Waals surface area contributed by atoms with Gasteiger partial charge in [-0.05, 0) is 30.7 Å². The van der Waals surface area contributed by atoms with E-state index in [0.29, 0.717) is 22.7 Å². The standard InChI is InChI=1S/C18H20N4O4.Na/c1-12-9-15(20-21-22(2)11-17(23)24)16(26-3)10-14(12)19-18(25)13-7-5-4-6-8-13;/h4-10H,11H2,1-3H3,(H,19,25)(H,23,24);/q;+1/p-1. The maximum atomic E-state index is 12.3. The van der Waals surface area contributed by atoms with Crippen molar-refractivity contribution < 1.29 is 49.0 Å². The Bertz CT molecular complexity index is 828. The Labute approximate surface area is 179 Å². The predicted octanol–water partition coefficient (Wildman–Crippen LogP) is -1.06. The molecule has 2 aromatic rings. The second-order valence-corrected chi connectivity index (χ2v) is 5.54. The SMILES string of the molecule is COc1cc(NC(=O)c2ccccc2)c(C)cc1N=NN(C)CC(=O)[O-].[Na+]. The molecular weight excluding hydrogens is 359 g/mol. The van der Waals surface area contributed by atoms with E-state index in [1.165, 1.54) is 14.2 Å². The number of carboxylic acids is 1. The van der Waals surface area contributed by atoms with Crippen LogP contribution in [-0.2, 0) is 4.79 Å². The van der Waals surface area contributed by atoms with Crippen molar-refractivity contribution in [1.29, 1.82) is 0 Å². The Balaban J connectivity index is 0.00000364. The summed E-state index contributed by atoms with van der Waals surface area (Å²) in [5, 5.41) is 22.3. The van der Waals surface area contributed by atoms with Gasteiger partial charge in [-0.1, -0.05) is 23.4 Å². The molecule has 2 aromatic carbocycles. The second kappa shape index (κ2) is 10.7. The van der Waals surface area contributed by atoms with Crippen molar-refractivity contribution in [3.8, 4) is 5.75 Å². The van der Waals surface area contributed by atoms with E-state index < -0.39 is 5.97 Å². The Hall–Kier alpha value is -2.42. The number of nitrogens with one attached hydrogen (secondary N) is 1. The topological polar surface area (TPSA) is 106 Å². The van der Waals surface area contributed by atoms with Crippen molar-refractivity contribution in [3.05, 3.63) is 53.6 Å². The summed E-state index contributed by atoms with van der Waals surface area (Å²) < 4.78 is 5.29. The zero-order chi connectivity index (χ0) is 19.1. The van der Waals surface area contributed by atoms with E-state index in [4.69, 9.17) is 4.74 Å². The number of likely N-dealkylation sites (N-methyl/N-ethyl adjacent to an activating group) is 1. The van der Waals surface area contributed by atoms with Gasteiger partial charge in [0.15, 0.2) is 0 Å². The maximum absolute atomic E-state index is 12.3. The van der Waals surface area contributed by atoms with Crippen LogP contribution in [0.3, 0.4) is 0 Å². The monoisotopic (exact) mass is 378 g/mol. The fraction of sp³-hybridized carbons (Fsp3) is 0.222. The number of carbonyl (C=O) groups excluding carboxylic acids is 2. The van der Waals surface area contributed by atoms with Gasteiger partial charge in [0, 0.05) is 24.4 Å². The molecule has 0 aliphatic heterocycles. The van der Waals surface area contributed by atoms with Crippen LogP contribution < -0.4 is 44.7 Å². The second-order valence-electron chi connectivity index (χ2n) is 5.54. The summed E-state index contributed by atoms with van der Waals surface area (Å²) in [5.41, 5.74) is 2.29. The van der Waals surface area contributed by atoms with E-state index in [-0.39, 0.29) is 42.0 Å². The molecule has 0 aliphatic carbocycles. The molecule has 0 fully saturated rings. The largest absolute Gasteiger partial charge is 1.00 e. The van der Waals surface area contributed by atoms with Gasteiger partial charge in [-0.15, -0.1) is 5.11 Å². The third kappa shape index (κ3) is 6.67. The number of benzene rings is 2. The number of hydrogen-bond acceptors (Lipinski definition) is 6. The molecule has 0 spiro atoms.